The van der Waals surface area contributed by atoms with E-state index in [4.69, 9.17) is 0 Å². The number of fused-ring (bicyclic) bond motifs is 1. The first-order chi connectivity index (χ1) is 9.24. The highest BCUT2D eigenvalue weighted by molar-refractivity contribution is 9.10. The van der Waals surface area contributed by atoms with Crippen LogP contribution < -0.4 is 5.32 Å². The number of nitrogens with zero attached hydrogens (tertiary/aromatic N) is 2. The molecule has 0 spiro atoms. The van der Waals surface area contributed by atoms with Crippen LogP contribution in [-0.2, 0) is 0 Å². The van der Waals surface area contributed by atoms with Crippen LogP contribution in [0.1, 0.15) is 36.2 Å². The molecule has 2 saturated heterocycles. The Kier molecular flexibility index (Phi) is 3.84. The molecule has 1 N–H and O–H groups in total. The van der Waals surface area contributed by atoms with Crippen molar-refractivity contribution in [3.05, 3.63) is 28.5 Å². The number of carbonyl (C=O) groups is 1. The summed E-state index contributed by atoms with van der Waals surface area (Å²) in [6.07, 6.45) is 6.36. The third-order valence-corrected chi connectivity index (χ3v) is 4.77. The van der Waals surface area contributed by atoms with E-state index in [-0.39, 0.29) is 5.91 Å². The summed E-state index contributed by atoms with van der Waals surface area (Å²) in [4.78, 5) is 18.9. The largest absolute Gasteiger partial charge is 0.348 e. The lowest BCUT2D eigenvalue weighted by Gasteiger charge is -2.35. The van der Waals surface area contributed by atoms with Crippen molar-refractivity contribution in [3.63, 3.8) is 0 Å². The van der Waals surface area contributed by atoms with E-state index in [9.17, 15) is 4.79 Å². The predicted molar refractivity (Wildman–Crippen MR) is 77.0 cm³/mol. The topological polar surface area (TPSA) is 45.2 Å². The van der Waals surface area contributed by atoms with Gasteiger partial charge in [-0.15, -0.1) is 0 Å². The van der Waals surface area contributed by atoms with Crippen LogP contribution in [0.25, 0.3) is 0 Å². The highest BCUT2D eigenvalue weighted by Crippen LogP contribution is 2.27. The van der Waals surface area contributed by atoms with E-state index in [1.807, 2.05) is 12.1 Å². The lowest BCUT2D eigenvalue weighted by molar-refractivity contribution is 0.0890. The van der Waals surface area contributed by atoms with Crippen molar-refractivity contribution in [2.75, 3.05) is 13.1 Å². The summed E-state index contributed by atoms with van der Waals surface area (Å²) in [6, 6.07) is 4.63. The van der Waals surface area contributed by atoms with Crippen LogP contribution in [0.15, 0.2) is 22.8 Å². The number of halogens is 1. The zero-order valence-electron chi connectivity index (χ0n) is 10.8. The number of aromatic nitrogens is 1. The molecule has 1 aromatic rings. The molecule has 102 valence electrons. The van der Waals surface area contributed by atoms with Gasteiger partial charge in [-0.25, -0.2) is 4.98 Å². The van der Waals surface area contributed by atoms with E-state index in [0.717, 1.165) is 23.9 Å². The van der Waals surface area contributed by atoms with E-state index < -0.39 is 0 Å². The Morgan fingerprint density at radius 3 is 3.16 bits per heavy atom. The van der Waals surface area contributed by atoms with Gasteiger partial charge in [0.05, 0.1) is 0 Å². The van der Waals surface area contributed by atoms with Gasteiger partial charge >= 0.3 is 0 Å². The molecule has 3 rings (SSSR count). The molecule has 2 fully saturated rings. The number of amides is 1. The normalized spacial score (nSPS) is 27.0. The fraction of sp³-hybridized carbons (Fsp3) is 0.571. The van der Waals surface area contributed by atoms with Gasteiger partial charge in [0.25, 0.3) is 5.91 Å². The third kappa shape index (κ3) is 2.82. The molecule has 0 bridgehead atoms. The molecule has 2 aliphatic heterocycles. The Morgan fingerprint density at radius 1 is 1.42 bits per heavy atom. The average Bonchev–Trinajstić information content (AvgIpc) is 2.86. The summed E-state index contributed by atoms with van der Waals surface area (Å²) in [5.74, 6) is -0.0658. The predicted octanol–water partition coefficient (Wildman–Crippen LogP) is 2.20. The Morgan fingerprint density at radius 2 is 2.32 bits per heavy atom. The van der Waals surface area contributed by atoms with E-state index in [1.54, 1.807) is 6.20 Å². The summed E-state index contributed by atoms with van der Waals surface area (Å²) < 4.78 is 0.755. The Balaban J connectivity index is 1.62. The lowest BCUT2D eigenvalue weighted by Crippen LogP contribution is -2.47. The van der Waals surface area contributed by atoms with Gasteiger partial charge in [-0.3, -0.25) is 4.79 Å². The van der Waals surface area contributed by atoms with Crippen LogP contribution in [0, 0.1) is 0 Å². The van der Waals surface area contributed by atoms with Crippen LogP contribution >= 0.6 is 15.9 Å². The van der Waals surface area contributed by atoms with Gasteiger partial charge in [0, 0.05) is 29.3 Å². The van der Waals surface area contributed by atoms with Gasteiger partial charge in [0.15, 0.2) is 0 Å². The molecule has 1 aromatic heterocycles. The van der Waals surface area contributed by atoms with Crippen LogP contribution in [0.5, 0.6) is 0 Å². The van der Waals surface area contributed by atoms with Crippen molar-refractivity contribution in [1.82, 2.24) is 15.2 Å². The van der Waals surface area contributed by atoms with Gasteiger partial charge in [-0.1, -0.05) is 0 Å². The second-order valence-corrected chi connectivity index (χ2v) is 6.21. The van der Waals surface area contributed by atoms with Crippen molar-refractivity contribution in [2.45, 2.75) is 37.8 Å². The molecular weight excluding hydrogens is 306 g/mol. The Bertz CT molecular complexity index is 480. The van der Waals surface area contributed by atoms with E-state index >= 15 is 0 Å². The maximum Gasteiger partial charge on any atom is 0.271 e. The maximum atomic E-state index is 12.2. The molecule has 2 atom stereocenters. The van der Waals surface area contributed by atoms with Gasteiger partial charge in [-0.05, 0) is 60.3 Å². The van der Waals surface area contributed by atoms with Crippen LogP contribution in [0.2, 0.25) is 0 Å². The molecule has 0 radical (unpaired) electrons. The third-order valence-electron chi connectivity index (χ3n) is 4.13. The molecular formula is C14H18BrN3O. The highest BCUT2D eigenvalue weighted by atomic mass is 79.9. The molecule has 0 aliphatic carbocycles. The molecule has 0 aromatic carbocycles. The molecule has 2 aliphatic rings. The van der Waals surface area contributed by atoms with Crippen molar-refractivity contribution >= 4 is 21.8 Å². The Labute approximate surface area is 121 Å². The molecule has 1 amide bonds. The molecule has 3 heterocycles. The zero-order chi connectivity index (χ0) is 13.2. The minimum atomic E-state index is -0.0658. The average molecular weight is 324 g/mol. The fourth-order valence-electron chi connectivity index (χ4n) is 3.16. The van der Waals surface area contributed by atoms with Crippen molar-refractivity contribution in [2.24, 2.45) is 0 Å². The number of rotatable bonds is 2. The number of pyridine rings is 1. The summed E-state index contributed by atoms with van der Waals surface area (Å²) >= 11 is 3.38. The molecule has 19 heavy (non-hydrogen) atoms. The van der Waals surface area contributed by atoms with Gasteiger partial charge in [0.1, 0.15) is 5.69 Å². The maximum absolute atomic E-state index is 12.2. The summed E-state index contributed by atoms with van der Waals surface area (Å²) in [7, 11) is 0. The second kappa shape index (κ2) is 5.59. The zero-order valence-corrected chi connectivity index (χ0v) is 12.4. The van der Waals surface area contributed by atoms with E-state index in [2.05, 4.69) is 31.1 Å². The lowest BCUT2D eigenvalue weighted by atomic mass is 9.97. The van der Waals surface area contributed by atoms with Gasteiger partial charge < -0.3 is 10.2 Å². The quantitative estimate of drug-likeness (QED) is 0.907. The van der Waals surface area contributed by atoms with E-state index in [1.165, 1.54) is 19.4 Å². The standard InChI is InChI=1S/C14H18BrN3O/c15-12-4-1-6-16-13(12)14(19)17-10-5-8-18-7-2-3-11(18)9-10/h1,4,6,10-11H,2-3,5,7-9H2,(H,17,19). The monoisotopic (exact) mass is 323 g/mol. The molecule has 5 heteroatoms. The summed E-state index contributed by atoms with van der Waals surface area (Å²) in [5.41, 5.74) is 0.483. The SMILES string of the molecule is O=C(NC1CCN2CCCC2C1)c1ncccc1Br. The minimum absolute atomic E-state index is 0.0658. The summed E-state index contributed by atoms with van der Waals surface area (Å²) in [5, 5.41) is 3.13. The molecule has 4 nitrogen and oxygen atoms in total. The number of hydrogen-bond acceptors (Lipinski definition) is 3. The Hall–Kier alpha value is -0.940. The molecule has 2 unspecified atom stereocenters. The van der Waals surface area contributed by atoms with E-state index in [0.29, 0.717) is 17.8 Å². The van der Waals surface area contributed by atoms with Crippen molar-refractivity contribution in [3.8, 4) is 0 Å². The first-order valence-electron chi connectivity index (χ1n) is 6.89. The van der Waals surface area contributed by atoms with Crippen LogP contribution in [-0.4, -0.2) is 41.0 Å². The van der Waals surface area contributed by atoms with Crippen molar-refractivity contribution in [1.29, 1.82) is 0 Å². The number of hydrogen-bond donors (Lipinski definition) is 1. The first kappa shape index (κ1) is 13.1. The summed E-state index contributed by atoms with van der Waals surface area (Å²) in [6.45, 7) is 2.34. The smallest absolute Gasteiger partial charge is 0.271 e. The number of piperidine rings is 1. The fourth-order valence-corrected chi connectivity index (χ4v) is 3.60. The van der Waals surface area contributed by atoms with Crippen LogP contribution in [0.3, 0.4) is 0 Å². The second-order valence-electron chi connectivity index (χ2n) is 5.36. The minimum Gasteiger partial charge on any atom is -0.348 e. The van der Waals surface area contributed by atoms with Gasteiger partial charge in [-0.2, -0.15) is 0 Å². The van der Waals surface area contributed by atoms with Crippen molar-refractivity contribution < 1.29 is 4.79 Å². The van der Waals surface area contributed by atoms with Crippen LogP contribution in [0.4, 0.5) is 0 Å². The molecule has 0 saturated carbocycles. The highest BCUT2D eigenvalue weighted by Gasteiger charge is 2.32. The van der Waals surface area contributed by atoms with Gasteiger partial charge in [0.2, 0.25) is 0 Å². The number of carbonyl (C=O) groups excluding carboxylic acids is 1. The first-order valence-corrected chi connectivity index (χ1v) is 7.69. The number of nitrogens with one attached hydrogen (secondary N) is 1.